The van der Waals surface area contributed by atoms with Crippen molar-refractivity contribution in [3.63, 3.8) is 0 Å². The molecule has 0 bridgehead atoms. The van der Waals surface area contributed by atoms with Gasteiger partial charge >= 0.3 is 0 Å². The van der Waals surface area contributed by atoms with E-state index in [2.05, 4.69) is 5.32 Å². The van der Waals surface area contributed by atoms with Gasteiger partial charge in [0, 0.05) is 6.54 Å². The Morgan fingerprint density at radius 3 is 2.75 bits per heavy atom. The fourth-order valence-electron chi connectivity index (χ4n) is 0.916. The van der Waals surface area contributed by atoms with E-state index in [4.69, 9.17) is 10.8 Å². The highest BCUT2D eigenvalue weighted by molar-refractivity contribution is 5.65. The molecule has 0 aliphatic rings. The normalized spacial score (nSPS) is 12.5. The highest BCUT2D eigenvalue weighted by Crippen LogP contribution is 2.16. The molecule has 0 radical (unpaired) electrons. The van der Waals surface area contributed by atoms with E-state index in [9.17, 15) is 0 Å². The second-order valence-electron chi connectivity index (χ2n) is 2.82. The van der Waals surface area contributed by atoms with Gasteiger partial charge in [-0.2, -0.15) is 0 Å². The van der Waals surface area contributed by atoms with Gasteiger partial charge in [0.2, 0.25) is 0 Å². The van der Waals surface area contributed by atoms with E-state index in [1.807, 2.05) is 24.3 Å². The zero-order valence-electron chi connectivity index (χ0n) is 7.12. The lowest BCUT2D eigenvalue weighted by molar-refractivity contribution is 0.208. The number of aliphatic hydroxyl groups excluding tert-OH is 1. The molecule has 3 heteroatoms. The van der Waals surface area contributed by atoms with Gasteiger partial charge in [-0.05, 0) is 19.1 Å². The Kier molecular flexibility index (Phi) is 2.94. The minimum absolute atomic E-state index is 0.357. The highest BCUT2D eigenvalue weighted by Gasteiger charge is 1.97. The number of rotatable bonds is 3. The van der Waals surface area contributed by atoms with Crippen molar-refractivity contribution in [3.05, 3.63) is 24.3 Å². The molecule has 1 atom stereocenters. The molecule has 0 saturated heterocycles. The summed E-state index contributed by atoms with van der Waals surface area (Å²) < 4.78 is 0. The van der Waals surface area contributed by atoms with Crippen LogP contribution in [0.4, 0.5) is 11.4 Å². The fraction of sp³-hybridized carbons (Fsp3) is 0.333. The maximum atomic E-state index is 9.00. The molecule has 1 aromatic carbocycles. The average Bonchev–Trinajstić information content (AvgIpc) is 2.03. The van der Waals surface area contributed by atoms with Crippen molar-refractivity contribution in [2.45, 2.75) is 13.0 Å². The number of para-hydroxylation sites is 2. The first kappa shape index (κ1) is 8.87. The third kappa shape index (κ3) is 2.43. The van der Waals surface area contributed by atoms with Crippen LogP contribution in [0.1, 0.15) is 6.92 Å². The summed E-state index contributed by atoms with van der Waals surface area (Å²) in [5.74, 6) is 0. The molecule has 0 saturated carbocycles. The Balaban J connectivity index is 2.57. The van der Waals surface area contributed by atoms with Crippen molar-refractivity contribution in [2.75, 3.05) is 17.6 Å². The molecule has 0 fully saturated rings. The molecular weight excluding hydrogens is 152 g/mol. The van der Waals surface area contributed by atoms with Crippen molar-refractivity contribution in [3.8, 4) is 0 Å². The molecule has 0 aliphatic carbocycles. The SMILES string of the molecule is CC(O)CNc1ccccc1N. The van der Waals surface area contributed by atoms with Crippen LogP contribution in [-0.2, 0) is 0 Å². The Bertz CT molecular complexity index is 248. The number of nitrogens with two attached hydrogens (primary N) is 1. The molecule has 66 valence electrons. The average molecular weight is 166 g/mol. The number of aliphatic hydroxyl groups is 1. The van der Waals surface area contributed by atoms with Crippen LogP contribution in [0.3, 0.4) is 0 Å². The van der Waals surface area contributed by atoms with E-state index in [1.54, 1.807) is 6.92 Å². The molecule has 0 aromatic heterocycles. The Morgan fingerprint density at radius 2 is 2.17 bits per heavy atom. The number of anilines is 2. The summed E-state index contributed by atoms with van der Waals surface area (Å²) in [6.45, 7) is 2.25. The fourth-order valence-corrected chi connectivity index (χ4v) is 0.916. The van der Waals surface area contributed by atoms with Crippen LogP contribution in [-0.4, -0.2) is 17.8 Å². The monoisotopic (exact) mass is 166 g/mol. The van der Waals surface area contributed by atoms with Gasteiger partial charge in [-0.1, -0.05) is 12.1 Å². The number of hydrogen-bond donors (Lipinski definition) is 3. The first-order valence-electron chi connectivity index (χ1n) is 3.96. The van der Waals surface area contributed by atoms with Crippen LogP contribution in [0.2, 0.25) is 0 Å². The largest absolute Gasteiger partial charge is 0.397 e. The lowest BCUT2D eigenvalue weighted by Gasteiger charge is -2.09. The molecule has 3 nitrogen and oxygen atoms in total. The van der Waals surface area contributed by atoms with Gasteiger partial charge in [-0.3, -0.25) is 0 Å². The third-order valence-electron chi connectivity index (χ3n) is 1.55. The van der Waals surface area contributed by atoms with E-state index in [0.717, 1.165) is 5.69 Å². The van der Waals surface area contributed by atoms with Gasteiger partial charge in [-0.25, -0.2) is 0 Å². The molecule has 0 heterocycles. The third-order valence-corrected chi connectivity index (χ3v) is 1.55. The van der Waals surface area contributed by atoms with Crippen molar-refractivity contribution < 1.29 is 5.11 Å². The van der Waals surface area contributed by atoms with Crippen LogP contribution in [0.25, 0.3) is 0 Å². The van der Waals surface area contributed by atoms with Crippen LogP contribution < -0.4 is 11.1 Å². The molecule has 0 spiro atoms. The predicted octanol–water partition coefficient (Wildman–Crippen LogP) is 1.06. The molecule has 1 aromatic rings. The van der Waals surface area contributed by atoms with Crippen LogP contribution in [0.5, 0.6) is 0 Å². The first-order valence-corrected chi connectivity index (χ1v) is 3.96. The summed E-state index contributed by atoms with van der Waals surface area (Å²) in [4.78, 5) is 0. The molecule has 1 unspecified atom stereocenters. The Morgan fingerprint density at radius 1 is 1.50 bits per heavy atom. The zero-order valence-corrected chi connectivity index (χ0v) is 7.12. The van der Waals surface area contributed by atoms with E-state index >= 15 is 0 Å². The van der Waals surface area contributed by atoms with Gasteiger partial charge in [0.1, 0.15) is 0 Å². The summed E-state index contributed by atoms with van der Waals surface area (Å²) in [6.07, 6.45) is -0.357. The smallest absolute Gasteiger partial charge is 0.0684 e. The minimum Gasteiger partial charge on any atom is -0.397 e. The standard InChI is InChI=1S/C9H14N2O/c1-7(12)6-11-9-5-3-2-4-8(9)10/h2-5,7,11-12H,6,10H2,1H3. The number of nitrogen functional groups attached to an aromatic ring is 1. The van der Waals surface area contributed by atoms with E-state index in [1.165, 1.54) is 0 Å². The van der Waals surface area contributed by atoms with Gasteiger partial charge < -0.3 is 16.2 Å². The van der Waals surface area contributed by atoms with E-state index in [0.29, 0.717) is 12.2 Å². The predicted molar refractivity (Wildman–Crippen MR) is 51.0 cm³/mol. The Labute approximate surface area is 72.2 Å². The van der Waals surface area contributed by atoms with Crippen molar-refractivity contribution in [2.24, 2.45) is 0 Å². The van der Waals surface area contributed by atoms with Crippen LogP contribution in [0.15, 0.2) is 24.3 Å². The van der Waals surface area contributed by atoms with Crippen molar-refractivity contribution in [1.29, 1.82) is 0 Å². The number of nitrogens with one attached hydrogen (secondary N) is 1. The molecule has 0 amide bonds. The number of benzene rings is 1. The van der Waals surface area contributed by atoms with Gasteiger partial charge in [-0.15, -0.1) is 0 Å². The summed E-state index contributed by atoms with van der Waals surface area (Å²) in [5.41, 5.74) is 7.24. The molecular formula is C9H14N2O. The topological polar surface area (TPSA) is 58.3 Å². The van der Waals surface area contributed by atoms with Gasteiger partial charge in [0.25, 0.3) is 0 Å². The van der Waals surface area contributed by atoms with Crippen molar-refractivity contribution in [1.82, 2.24) is 0 Å². The quantitative estimate of drug-likeness (QED) is 0.588. The summed E-state index contributed by atoms with van der Waals surface area (Å²) in [7, 11) is 0. The molecule has 0 aliphatic heterocycles. The molecule has 4 N–H and O–H groups in total. The zero-order chi connectivity index (χ0) is 8.97. The first-order chi connectivity index (χ1) is 5.70. The second-order valence-corrected chi connectivity index (χ2v) is 2.82. The molecule has 1 rings (SSSR count). The second kappa shape index (κ2) is 3.97. The van der Waals surface area contributed by atoms with Crippen molar-refractivity contribution >= 4 is 11.4 Å². The van der Waals surface area contributed by atoms with E-state index in [-0.39, 0.29) is 6.10 Å². The van der Waals surface area contributed by atoms with E-state index < -0.39 is 0 Å². The van der Waals surface area contributed by atoms with Crippen LogP contribution in [0, 0.1) is 0 Å². The van der Waals surface area contributed by atoms with Crippen LogP contribution >= 0.6 is 0 Å². The summed E-state index contributed by atoms with van der Waals surface area (Å²) in [6, 6.07) is 7.49. The summed E-state index contributed by atoms with van der Waals surface area (Å²) >= 11 is 0. The maximum Gasteiger partial charge on any atom is 0.0684 e. The summed E-state index contributed by atoms with van der Waals surface area (Å²) in [5, 5.41) is 12.0. The maximum absolute atomic E-state index is 9.00. The minimum atomic E-state index is -0.357. The lowest BCUT2D eigenvalue weighted by Crippen LogP contribution is -2.15. The lowest BCUT2D eigenvalue weighted by atomic mass is 10.2. The Hall–Kier alpha value is -1.22. The van der Waals surface area contributed by atoms with Gasteiger partial charge in [0.15, 0.2) is 0 Å². The molecule has 12 heavy (non-hydrogen) atoms. The van der Waals surface area contributed by atoms with Gasteiger partial charge in [0.05, 0.1) is 17.5 Å². The number of hydrogen-bond acceptors (Lipinski definition) is 3. The highest BCUT2D eigenvalue weighted by atomic mass is 16.3.